The van der Waals surface area contributed by atoms with E-state index in [-0.39, 0.29) is 9.77 Å². The van der Waals surface area contributed by atoms with Crippen molar-refractivity contribution in [2.75, 3.05) is 23.8 Å². The van der Waals surface area contributed by atoms with E-state index in [1.54, 1.807) is 53.9 Å². The van der Waals surface area contributed by atoms with Gasteiger partial charge in [-0.2, -0.15) is 0 Å². The summed E-state index contributed by atoms with van der Waals surface area (Å²) in [6.07, 6.45) is 0. The van der Waals surface area contributed by atoms with Crippen LogP contribution in [-0.4, -0.2) is 28.5 Å². The number of nitrogens with zero attached hydrogens (tertiary/aromatic N) is 1. The number of carbonyl (C=O) groups excluding carboxylic acids is 1. The Morgan fingerprint density at radius 2 is 1.71 bits per heavy atom. The lowest BCUT2D eigenvalue weighted by Gasteiger charge is -2.20. The number of carbonyl (C=O) groups is 1. The number of ether oxygens (including phenoxy) is 1. The van der Waals surface area contributed by atoms with Gasteiger partial charge in [0.05, 0.1) is 12.8 Å². The zero-order chi connectivity index (χ0) is 20.3. The molecule has 3 rings (SSSR count). The summed E-state index contributed by atoms with van der Waals surface area (Å²) in [6.45, 7) is 0. The Bertz CT molecular complexity index is 1080. The van der Waals surface area contributed by atoms with E-state index in [9.17, 15) is 13.2 Å². The first kappa shape index (κ1) is 20.4. The fraction of sp³-hybridized carbons (Fsp3) is 0.105. The summed E-state index contributed by atoms with van der Waals surface area (Å²) >= 11 is 4.41. The smallest absolute Gasteiger partial charge is 0.267 e. The molecular formula is C19H17BrN2O4S2. The number of sulfonamides is 1. The highest BCUT2D eigenvalue weighted by atomic mass is 79.9. The molecule has 1 N–H and O–H groups in total. The Hall–Kier alpha value is -2.36. The summed E-state index contributed by atoms with van der Waals surface area (Å²) in [5, 5.41) is 4.32. The average Bonchev–Trinajstić information content (AvgIpc) is 3.20. The molecule has 0 aliphatic carbocycles. The monoisotopic (exact) mass is 480 g/mol. The number of benzene rings is 2. The zero-order valence-electron chi connectivity index (χ0n) is 15.0. The number of amides is 1. The fourth-order valence-electron chi connectivity index (χ4n) is 2.47. The van der Waals surface area contributed by atoms with Crippen LogP contribution < -0.4 is 14.4 Å². The largest absolute Gasteiger partial charge is 0.497 e. The number of nitrogens with one attached hydrogen (secondary N) is 1. The highest BCUT2D eigenvalue weighted by Gasteiger charge is 2.28. The Balaban J connectivity index is 1.87. The summed E-state index contributed by atoms with van der Waals surface area (Å²) in [5.74, 6) is 0.152. The third-order valence-electron chi connectivity index (χ3n) is 4.01. The van der Waals surface area contributed by atoms with Gasteiger partial charge in [-0.3, -0.25) is 9.10 Å². The molecule has 0 aliphatic rings. The normalized spacial score (nSPS) is 11.1. The lowest BCUT2D eigenvalue weighted by Crippen LogP contribution is -2.28. The van der Waals surface area contributed by atoms with Crippen molar-refractivity contribution < 1.29 is 17.9 Å². The van der Waals surface area contributed by atoms with Gasteiger partial charge in [0.25, 0.3) is 15.9 Å². The van der Waals surface area contributed by atoms with Crippen LogP contribution in [0.5, 0.6) is 5.75 Å². The van der Waals surface area contributed by atoms with Gasteiger partial charge in [-0.15, -0.1) is 11.3 Å². The number of halogens is 1. The van der Waals surface area contributed by atoms with Gasteiger partial charge in [0.15, 0.2) is 0 Å². The van der Waals surface area contributed by atoms with Gasteiger partial charge in [0.2, 0.25) is 0 Å². The van der Waals surface area contributed by atoms with Crippen LogP contribution in [0.25, 0.3) is 0 Å². The van der Waals surface area contributed by atoms with Crippen LogP contribution in [0.1, 0.15) is 9.67 Å². The quantitative estimate of drug-likeness (QED) is 0.559. The van der Waals surface area contributed by atoms with Gasteiger partial charge in [0.1, 0.15) is 15.5 Å². The minimum Gasteiger partial charge on any atom is -0.497 e. The van der Waals surface area contributed by atoms with Gasteiger partial charge in [0, 0.05) is 17.2 Å². The van der Waals surface area contributed by atoms with Crippen LogP contribution in [0.4, 0.5) is 11.4 Å². The first-order valence-corrected chi connectivity index (χ1v) is 11.2. The average molecular weight is 481 g/mol. The minimum absolute atomic E-state index is 0.0366. The molecule has 0 fully saturated rings. The van der Waals surface area contributed by atoms with Crippen molar-refractivity contribution >= 4 is 54.6 Å². The third-order valence-corrected chi connectivity index (χ3v) is 7.41. The molecule has 0 radical (unpaired) electrons. The number of thiophene rings is 1. The Morgan fingerprint density at radius 3 is 2.32 bits per heavy atom. The van der Waals surface area contributed by atoms with E-state index in [1.165, 1.54) is 20.2 Å². The maximum atomic E-state index is 13.1. The highest BCUT2D eigenvalue weighted by molar-refractivity contribution is 9.10. The third kappa shape index (κ3) is 4.21. The molecule has 0 saturated heterocycles. The van der Waals surface area contributed by atoms with E-state index in [2.05, 4.69) is 21.2 Å². The number of methoxy groups -OCH3 is 1. The van der Waals surface area contributed by atoms with Gasteiger partial charge in [-0.1, -0.05) is 15.9 Å². The molecule has 0 spiro atoms. The Labute approximate surface area is 175 Å². The van der Waals surface area contributed by atoms with E-state index in [0.717, 1.165) is 20.1 Å². The molecular weight excluding hydrogens is 464 g/mol. The standard InChI is InChI=1S/C19H17BrN2O4S2/c1-22(15-7-9-16(26-2)10-8-15)28(24,25)17-11-12-27-18(17)19(23)21-14-5-3-13(20)4-6-14/h3-12H,1-2H3,(H,21,23). The molecule has 0 bridgehead atoms. The maximum Gasteiger partial charge on any atom is 0.267 e. The summed E-state index contributed by atoms with van der Waals surface area (Å²) in [6, 6.07) is 15.1. The molecule has 0 saturated carbocycles. The number of anilines is 2. The van der Waals surface area contributed by atoms with E-state index < -0.39 is 15.9 Å². The van der Waals surface area contributed by atoms with Crippen molar-refractivity contribution in [2.45, 2.75) is 4.90 Å². The van der Waals surface area contributed by atoms with Gasteiger partial charge in [-0.25, -0.2) is 8.42 Å². The van der Waals surface area contributed by atoms with Crippen LogP contribution in [0.15, 0.2) is 69.3 Å². The van der Waals surface area contributed by atoms with E-state index in [4.69, 9.17) is 4.74 Å². The molecule has 0 atom stereocenters. The molecule has 6 nitrogen and oxygen atoms in total. The van der Waals surface area contributed by atoms with E-state index in [1.807, 2.05) is 0 Å². The van der Waals surface area contributed by atoms with Crippen molar-refractivity contribution in [2.24, 2.45) is 0 Å². The van der Waals surface area contributed by atoms with Crippen molar-refractivity contribution in [3.05, 3.63) is 69.3 Å². The molecule has 146 valence electrons. The van der Waals surface area contributed by atoms with Crippen LogP contribution in [0, 0.1) is 0 Å². The lowest BCUT2D eigenvalue weighted by atomic mass is 10.3. The summed E-state index contributed by atoms with van der Waals surface area (Å²) in [7, 11) is -0.920. The molecule has 2 aromatic carbocycles. The van der Waals surface area contributed by atoms with Crippen LogP contribution >= 0.6 is 27.3 Å². The first-order chi connectivity index (χ1) is 13.3. The van der Waals surface area contributed by atoms with Crippen LogP contribution in [-0.2, 0) is 10.0 Å². The number of hydrogen-bond donors (Lipinski definition) is 1. The fourth-order valence-corrected chi connectivity index (χ4v) is 5.22. The second-order valence-electron chi connectivity index (χ2n) is 5.75. The SMILES string of the molecule is COc1ccc(N(C)S(=O)(=O)c2ccsc2C(=O)Nc2ccc(Br)cc2)cc1. The van der Waals surface area contributed by atoms with Crippen molar-refractivity contribution in [3.63, 3.8) is 0 Å². The number of hydrogen-bond acceptors (Lipinski definition) is 5. The van der Waals surface area contributed by atoms with Gasteiger partial charge >= 0.3 is 0 Å². The summed E-state index contributed by atoms with van der Waals surface area (Å²) in [5.41, 5.74) is 1.04. The molecule has 3 aromatic rings. The number of rotatable bonds is 6. The predicted molar refractivity (Wildman–Crippen MR) is 115 cm³/mol. The predicted octanol–water partition coefficient (Wildman–Crippen LogP) is 4.60. The second kappa shape index (κ2) is 8.34. The Kier molecular flexibility index (Phi) is 6.07. The minimum atomic E-state index is -3.91. The molecule has 1 amide bonds. The molecule has 0 aliphatic heterocycles. The van der Waals surface area contributed by atoms with Crippen molar-refractivity contribution in [3.8, 4) is 5.75 Å². The van der Waals surface area contributed by atoms with Gasteiger partial charge in [-0.05, 0) is 60.0 Å². The van der Waals surface area contributed by atoms with Crippen LogP contribution in [0.3, 0.4) is 0 Å². The van der Waals surface area contributed by atoms with Crippen molar-refractivity contribution in [1.29, 1.82) is 0 Å². The molecule has 1 heterocycles. The van der Waals surface area contributed by atoms with Crippen LogP contribution in [0.2, 0.25) is 0 Å². The molecule has 28 heavy (non-hydrogen) atoms. The van der Waals surface area contributed by atoms with E-state index >= 15 is 0 Å². The van der Waals surface area contributed by atoms with Crippen molar-refractivity contribution in [1.82, 2.24) is 0 Å². The molecule has 9 heteroatoms. The maximum absolute atomic E-state index is 13.1. The lowest BCUT2D eigenvalue weighted by molar-refractivity contribution is 0.102. The zero-order valence-corrected chi connectivity index (χ0v) is 18.3. The highest BCUT2D eigenvalue weighted by Crippen LogP contribution is 2.29. The summed E-state index contributed by atoms with van der Waals surface area (Å²) in [4.78, 5) is 12.7. The summed E-state index contributed by atoms with van der Waals surface area (Å²) < 4.78 is 33.3. The Morgan fingerprint density at radius 1 is 1.07 bits per heavy atom. The van der Waals surface area contributed by atoms with E-state index in [0.29, 0.717) is 17.1 Å². The second-order valence-corrected chi connectivity index (χ2v) is 9.52. The van der Waals surface area contributed by atoms with Gasteiger partial charge < -0.3 is 10.1 Å². The molecule has 0 unspecified atom stereocenters. The molecule has 1 aromatic heterocycles. The first-order valence-electron chi connectivity index (χ1n) is 8.10. The topological polar surface area (TPSA) is 75.7 Å².